The molecular formula is C18H23F2N3O. The molecule has 0 saturated carbocycles. The number of nitrogens with one attached hydrogen (secondary N) is 1. The van der Waals surface area contributed by atoms with Gasteiger partial charge in [-0.1, -0.05) is 6.92 Å². The van der Waals surface area contributed by atoms with Gasteiger partial charge in [-0.25, -0.2) is 8.78 Å². The van der Waals surface area contributed by atoms with Crippen molar-refractivity contribution in [3.05, 3.63) is 41.6 Å². The number of aromatic nitrogens is 2. The van der Waals surface area contributed by atoms with Crippen LogP contribution in [0.3, 0.4) is 0 Å². The lowest BCUT2D eigenvalue weighted by molar-refractivity contribution is 0.0550. The fourth-order valence-corrected chi connectivity index (χ4v) is 3.43. The molecule has 0 aliphatic carbocycles. The molecule has 0 amide bonds. The molecule has 130 valence electrons. The Morgan fingerprint density at radius 3 is 2.75 bits per heavy atom. The second kappa shape index (κ2) is 7.40. The van der Waals surface area contributed by atoms with Crippen LogP contribution >= 0.6 is 0 Å². The topological polar surface area (TPSA) is 52.1 Å². The molecule has 4 nitrogen and oxygen atoms in total. The molecule has 2 heterocycles. The van der Waals surface area contributed by atoms with Crippen LogP contribution in [0.2, 0.25) is 0 Å². The molecule has 0 bridgehead atoms. The van der Waals surface area contributed by atoms with Crippen molar-refractivity contribution in [2.75, 3.05) is 13.1 Å². The van der Waals surface area contributed by atoms with Crippen molar-refractivity contribution in [3.63, 3.8) is 0 Å². The number of hydrogen-bond acceptors (Lipinski definition) is 3. The van der Waals surface area contributed by atoms with E-state index in [1.807, 2.05) is 6.92 Å². The van der Waals surface area contributed by atoms with Gasteiger partial charge in [0.05, 0.1) is 18.0 Å². The van der Waals surface area contributed by atoms with E-state index in [-0.39, 0.29) is 6.10 Å². The molecule has 1 atom stereocenters. The van der Waals surface area contributed by atoms with Crippen molar-refractivity contribution in [2.45, 2.75) is 38.8 Å². The Labute approximate surface area is 140 Å². The normalized spacial score (nSPS) is 18.0. The fourth-order valence-electron chi connectivity index (χ4n) is 3.43. The van der Waals surface area contributed by atoms with E-state index in [4.69, 9.17) is 0 Å². The molecule has 1 aliphatic rings. The predicted octanol–water partition coefficient (Wildman–Crippen LogP) is 3.34. The minimum Gasteiger partial charge on any atom is -0.393 e. The maximum absolute atomic E-state index is 14.0. The first kappa shape index (κ1) is 17.0. The van der Waals surface area contributed by atoms with Gasteiger partial charge >= 0.3 is 0 Å². The highest BCUT2D eigenvalue weighted by molar-refractivity contribution is 5.63. The number of halogens is 2. The van der Waals surface area contributed by atoms with E-state index in [1.54, 1.807) is 6.20 Å². The lowest BCUT2D eigenvalue weighted by atomic mass is 9.90. The molecule has 3 rings (SSSR count). The number of rotatable bonds is 5. The molecule has 1 aromatic carbocycles. The Hall–Kier alpha value is -1.79. The Kier molecular flexibility index (Phi) is 5.26. The summed E-state index contributed by atoms with van der Waals surface area (Å²) in [5.41, 5.74) is 1.83. The van der Waals surface area contributed by atoms with Crippen LogP contribution in [-0.4, -0.2) is 39.4 Å². The summed E-state index contributed by atoms with van der Waals surface area (Å²) in [5.74, 6) is -0.816. The van der Waals surface area contributed by atoms with E-state index in [1.165, 1.54) is 12.1 Å². The predicted molar refractivity (Wildman–Crippen MR) is 88.2 cm³/mol. The highest BCUT2D eigenvalue weighted by atomic mass is 19.1. The van der Waals surface area contributed by atoms with Crippen molar-refractivity contribution in [3.8, 4) is 11.3 Å². The van der Waals surface area contributed by atoms with Crippen LogP contribution in [0.5, 0.6) is 0 Å². The molecule has 0 radical (unpaired) electrons. The number of nitrogens with zero attached hydrogens (tertiary/aromatic N) is 2. The standard InChI is InChI=1S/C18H23F2N3O/c1-2-17(24)12-5-7-23(8-6-12)11-13-10-21-22-18(13)15-4-3-14(19)9-16(15)20/h3-4,9-10,12,17,24H,2,5-8,11H2,1H3,(H,21,22). The summed E-state index contributed by atoms with van der Waals surface area (Å²) < 4.78 is 27.1. The average molecular weight is 335 g/mol. The van der Waals surface area contributed by atoms with Crippen molar-refractivity contribution in [2.24, 2.45) is 5.92 Å². The highest BCUT2D eigenvalue weighted by Gasteiger charge is 2.25. The van der Waals surface area contributed by atoms with E-state index in [9.17, 15) is 13.9 Å². The van der Waals surface area contributed by atoms with Crippen molar-refractivity contribution >= 4 is 0 Å². The summed E-state index contributed by atoms with van der Waals surface area (Å²) >= 11 is 0. The van der Waals surface area contributed by atoms with E-state index in [2.05, 4.69) is 15.1 Å². The summed E-state index contributed by atoms with van der Waals surface area (Å²) in [7, 11) is 0. The Morgan fingerprint density at radius 2 is 2.08 bits per heavy atom. The molecule has 1 fully saturated rings. The number of aliphatic hydroxyl groups excluding tert-OH is 1. The Balaban J connectivity index is 1.69. The smallest absolute Gasteiger partial charge is 0.135 e. The lowest BCUT2D eigenvalue weighted by Gasteiger charge is -2.33. The molecule has 0 spiro atoms. The maximum atomic E-state index is 14.0. The summed E-state index contributed by atoms with van der Waals surface area (Å²) in [6, 6.07) is 3.57. The SMILES string of the molecule is CCC(O)C1CCN(Cc2cn[nH]c2-c2ccc(F)cc2F)CC1. The van der Waals surface area contributed by atoms with Crippen molar-refractivity contribution < 1.29 is 13.9 Å². The molecule has 2 aromatic rings. The number of aromatic amines is 1. The first-order valence-electron chi connectivity index (χ1n) is 8.46. The van der Waals surface area contributed by atoms with Crippen LogP contribution in [0, 0.1) is 17.6 Å². The van der Waals surface area contributed by atoms with E-state index in [0.29, 0.717) is 23.7 Å². The Morgan fingerprint density at radius 1 is 1.33 bits per heavy atom. The van der Waals surface area contributed by atoms with E-state index < -0.39 is 11.6 Å². The third-order valence-corrected chi connectivity index (χ3v) is 4.91. The third-order valence-electron chi connectivity index (χ3n) is 4.91. The average Bonchev–Trinajstić information content (AvgIpc) is 3.03. The van der Waals surface area contributed by atoms with Gasteiger partial charge in [0.25, 0.3) is 0 Å². The Bertz CT molecular complexity index is 681. The van der Waals surface area contributed by atoms with E-state index in [0.717, 1.165) is 44.0 Å². The van der Waals surface area contributed by atoms with Gasteiger partial charge < -0.3 is 5.11 Å². The fraction of sp³-hybridized carbons (Fsp3) is 0.500. The van der Waals surface area contributed by atoms with Gasteiger partial charge in [-0.05, 0) is 50.4 Å². The zero-order valence-electron chi connectivity index (χ0n) is 13.8. The summed E-state index contributed by atoms with van der Waals surface area (Å²) in [6.07, 6.45) is 4.20. The largest absolute Gasteiger partial charge is 0.393 e. The third kappa shape index (κ3) is 3.65. The molecule has 2 N–H and O–H groups in total. The van der Waals surface area contributed by atoms with Crippen LogP contribution < -0.4 is 0 Å². The van der Waals surface area contributed by atoms with Crippen LogP contribution in [-0.2, 0) is 6.54 Å². The zero-order valence-corrected chi connectivity index (χ0v) is 13.8. The van der Waals surface area contributed by atoms with Gasteiger partial charge in [0.2, 0.25) is 0 Å². The molecule has 1 aliphatic heterocycles. The summed E-state index contributed by atoms with van der Waals surface area (Å²) in [4.78, 5) is 2.29. The van der Waals surface area contributed by atoms with Crippen LogP contribution in [0.4, 0.5) is 8.78 Å². The van der Waals surface area contributed by atoms with Gasteiger partial charge in [-0.15, -0.1) is 0 Å². The molecule has 6 heteroatoms. The molecule has 1 saturated heterocycles. The van der Waals surface area contributed by atoms with Crippen LogP contribution in [0.15, 0.2) is 24.4 Å². The van der Waals surface area contributed by atoms with Crippen LogP contribution in [0.25, 0.3) is 11.3 Å². The van der Waals surface area contributed by atoms with Crippen LogP contribution in [0.1, 0.15) is 31.7 Å². The zero-order chi connectivity index (χ0) is 17.1. The number of H-pyrrole nitrogens is 1. The molecule has 1 unspecified atom stereocenters. The maximum Gasteiger partial charge on any atom is 0.135 e. The van der Waals surface area contributed by atoms with Gasteiger partial charge in [0.15, 0.2) is 0 Å². The van der Waals surface area contributed by atoms with Gasteiger partial charge in [-0.3, -0.25) is 10.00 Å². The minimum absolute atomic E-state index is 0.218. The van der Waals surface area contributed by atoms with Gasteiger partial charge in [0.1, 0.15) is 11.6 Å². The number of likely N-dealkylation sites (tertiary alicyclic amines) is 1. The van der Waals surface area contributed by atoms with E-state index >= 15 is 0 Å². The van der Waals surface area contributed by atoms with Gasteiger partial charge in [-0.2, -0.15) is 5.10 Å². The first-order valence-corrected chi connectivity index (χ1v) is 8.46. The lowest BCUT2D eigenvalue weighted by Crippen LogP contribution is -2.37. The number of aliphatic hydroxyl groups is 1. The van der Waals surface area contributed by atoms with Gasteiger partial charge in [0, 0.05) is 23.7 Å². The molecule has 24 heavy (non-hydrogen) atoms. The van der Waals surface area contributed by atoms with Crippen molar-refractivity contribution in [1.29, 1.82) is 0 Å². The summed E-state index contributed by atoms with van der Waals surface area (Å²) in [5, 5.41) is 16.8. The summed E-state index contributed by atoms with van der Waals surface area (Å²) in [6.45, 7) is 4.47. The second-order valence-electron chi connectivity index (χ2n) is 6.48. The first-order chi connectivity index (χ1) is 11.6. The monoisotopic (exact) mass is 335 g/mol. The minimum atomic E-state index is -0.592. The number of piperidine rings is 1. The highest BCUT2D eigenvalue weighted by Crippen LogP contribution is 2.28. The molecular weight excluding hydrogens is 312 g/mol. The number of hydrogen-bond donors (Lipinski definition) is 2. The quantitative estimate of drug-likeness (QED) is 0.881. The molecule has 1 aromatic heterocycles. The van der Waals surface area contributed by atoms with Crippen molar-refractivity contribution in [1.82, 2.24) is 15.1 Å². The second-order valence-corrected chi connectivity index (χ2v) is 6.48. The number of benzene rings is 1.